The van der Waals surface area contributed by atoms with E-state index in [4.69, 9.17) is 16.1 Å². The lowest BCUT2D eigenvalue weighted by Crippen LogP contribution is -2.39. The number of carbonyl (C=O) groups is 1. The summed E-state index contributed by atoms with van der Waals surface area (Å²) in [5.41, 5.74) is 2.50. The van der Waals surface area contributed by atoms with Crippen LogP contribution in [0.5, 0.6) is 0 Å². The fourth-order valence-corrected chi connectivity index (χ4v) is 3.93. The van der Waals surface area contributed by atoms with Gasteiger partial charge in [0.05, 0.1) is 17.8 Å². The maximum atomic E-state index is 13.0. The number of amides is 1. The molecule has 6 nitrogen and oxygen atoms in total. The van der Waals surface area contributed by atoms with Gasteiger partial charge in [0, 0.05) is 24.8 Å². The van der Waals surface area contributed by atoms with Crippen LogP contribution in [0.15, 0.2) is 47.2 Å². The lowest BCUT2D eigenvalue weighted by atomic mass is 9.90. The third-order valence-corrected chi connectivity index (χ3v) is 5.57. The summed E-state index contributed by atoms with van der Waals surface area (Å²) in [4.78, 5) is 14.9. The number of likely N-dealkylation sites (tertiary alicyclic amines) is 1. The van der Waals surface area contributed by atoms with Gasteiger partial charge in [-0.05, 0) is 37.7 Å². The molecule has 146 valence electrons. The molecule has 3 aromatic rings. The molecule has 0 aliphatic carbocycles. The lowest BCUT2D eigenvalue weighted by Gasteiger charge is -2.31. The van der Waals surface area contributed by atoms with Crippen molar-refractivity contribution in [3.63, 3.8) is 0 Å². The second-order valence-electron chi connectivity index (χ2n) is 7.35. The molecule has 1 aliphatic rings. The van der Waals surface area contributed by atoms with Crippen molar-refractivity contribution in [1.29, 1.82) is 0 Å². The summed E-state index contributed by atoms with van der Waals surface area (Å²) in [6.07, 6.45) is 6.36. The van der Waals surface area contributed by atoms with Crippen LogP contribution in [0.2, 0.25) is 5.02 Å². The zero-order valence-electron chi connectivity index (χ0n) is 15.8. The smallest absolute Gasteiger partial charge is 0.276 e. The van der Waals surface area contributed by atoms with Crippen LogP contribution in [-0.4, -0.2) is 38.8 Å². The Labute approximate surface area is 169 Å². The van der Waals surface area contributed by atoms with Gasteiger partial charge in [-0.15, -0.1) is 0 Å². The first-order valence-electron chi connectivity index (χ1n) is 9.56. The van der Waals surface area contributed by atoms with Crippen LogP contribution in [-0.2, 0) is 13.0 Å². The molecule has 0 radical (unpaired) electrons. The van der Waals surface area contributed by atoms with Crippen molar-refractivity contribution in [2.24, 2.45) is 5.92 Å². The van der Waals surface area contributed by atoms with E-state index >= 15 is 0 Å². The van der Waals surface area contributed by atoms with E-state index in [2.05, 4.69) is 34.5 Å². The molecule has 1 aliphatic heterocycles. The van der Waals surface area contributed by atoms with Gasteiger partial charge < -0.3 is 9.42 Å². The number of carbonyl (C=O) groups excluding carboxylic acids is 1. The van der Waals surface area contributed by atoms with Crippen LogP contribution in [0, 0.1) is 12.8 Å². The molecule has 0 bridgehead atoms. The van der Waals surface area contributed by atoms with Gasteiger partial charge in [0.1, 0.15) is 5.76 Å². The van der Waals surface area contributed by atoms with E-state index in [-0.39, 0.29) is 5.91 Å². The Hall–Kier alpha value is -2.60. The Bertz CT molecular complexity index is 942. The lowest BCUT2D eigenvalue weighted by molar-refractivity contribution is 0.0679. The first kappa shape index (κ1) is 18.7. The van der Waals surface area contributed by atoms with Crippen LogP contribution >= 0.6 is 11.6 Å². The molecule has 0 saturated carbocycles. The number of rotatable bonds is 5. The van der Waals surface area contributed by atoms with Gasteiger partial charge in [0.2, 0.25) is 0 Å². The third-order valence-electron chi connectivity index (χ3n) is 5.38. The largest absolute Gasteiger partial charge is 0.361 e. The van der Waals surface area contributed by atoms with Gasteiger partial charge in [0.25, 0.3) is 5.91 Å². The van der Waals surface area contributed by atoms with Crippen LogP contribution in [0.25, 0.3) is 0 Å². The highest BCUT2D eigenvalue weighted by Crippen LogP contribution is 2.24. The van der Waals surface area contributed by atoms with Crippen LogP contribution in [0.4, 0.5) is 0 Å². The van der Waals surface area contributed by atoms with Gasteiger partial charge in [0.15, 0.2) is 5.69 Å². The topological polar surface area (TPSA) is 64.2 Å². The molecular weight excluding hydrogens is 376 g/mol. The van der Waals surface area contributed by atoms with E-state index in [0.29, 0.717) is 28.9 Å². The fourth-order valence-electron chi connectivity index (χ4n) is 3.77. The van der Waals surface area contributed by atoms with Crippen molar-refractivity contribution in [2.45, 2.75) is 32.7 Å². The molecule has 1 fully saturated rings. The summed E-state index contributed by atoms with van der Waals surface area (Å²) < 4.78 is 7.00. The maximum Gasteiger partial charge on any atom is 0.276 e. The number of hydrogen-bond acceptors (Lipinski definition) is 4. The Morgan fingerprint density at radius 2 is 2.00 bits per heavy atom. The number of halogens is 1. The van der Waals surface area contributed by atoms with E-state index in [0.717, 1.165) is 37.9 Å². The van der Waals surface area contributed by atoms with Crippen molar-refractivity contribution in [2.75, 3.05) is 13.1 Å². The monoisotopic (exact) mass is 398 g/mol. The van der Waals surface area contributed by atoms with Gasteiger partial charge >= 0.3 is 0 Å². The molecule has 4 rings (SSSR count). The third kappa shape index (κ3) is 4.12. The van der Waals surface area contributed by atoms with Crippen molar-refractivity contribution >= 4 is 17.5 Å². The van der Waals surface area contributed by atoms with Crippen LogP contribution in [0.1, 0.15) is 40.2 Å². The molecule has 1 amide bonds. The average Bonchev–Trinajstić information content (AvgIpc) is 3.29. The summed E-state index contributed by atoms with van der Waals surface area (Å²) in [6, 6.07) is 10.5. The Morgan fingerprint density at radius 3 is 2.68 bits per heavy atom. The summed E-state index contributed by atoms with van der Waals surface area (Å²) >= 11 is 5.94. The minimum Gasteiger partial charge on any atom is -0.361 e. The van der Waals surface area contributed by atoms with Crippen LogP contribution in [0.3, 0.4) is 0 Å². The van der Waals surface area contributed by atoms with E-state index in [1.807, 2.05) is 17.9 Å². The minimum atomic E-state index is -0.0664. The molecule has 3 heterocycles. The van der Waals surface area contributed by atoms with Gasteiger partial charge in [-0.25, -0.2) is 0 Å². The molecule has 1 aromatic carbocycles. The molecular formula is C21H23ClN4O2. The molecule has 28 heavy (non-hydrogen) atoms. The van der Waals surface area contributed by atoms with E-state index in [1.165, 1.54) is 5.56 Å². The zero-order valence-corrected chi connectivity index (χ0v) is 16.6. The second-order valence-corrected chi connectivity index (χ2v) is 7.78. The summed E-state index contributed by atoms with van der Waals surface area (Å²) in [7, 11) is 0. The highest BCUT2D eigenvalue weighted by Gasteiger charge is 2.28. The first-order valence-corrected chi connectivity index (χ1v) is 9.94. The second kappa shape index (κ2) is 8.19. The summed E-state index contributed by atoms with van der Waals surface area (Å²) in [5.74, 6) is 1.17. The number of hydrogen-bond donors (Lipinski definition) is 0. The quantitative estimate of drug-likeness (QED) is 0.652. The standard InChI is InChI=1S/C21H23ClN4O2/c1-15-19(14-26-13-18(22)12-23-26)20(24-28-15)21(27)25-9-7-17(8-10-25)11-16-5-3-2-4-6-16/h2-6,12-13,17H,7-11,14H2,1H3. The molecule has 1 saturated heterocycles. The summed E-state index contributed by atoms with van der Waals surface area (Å²) in [5, 5.41) is 8.78. The average molecular weight is 399 g/mol. The molecule has 0 N–H and O–H groups in total. The maximum absolute atomic E-state index is 13.0. The van der Waals surface area contributed by atoms with Crippen molar-refractivity contribution in [1.82, 2.24) is 19.8 Å². The van der Waals surface area contributed by atoms with E-state index in [1.54, 1.807) is 17.1 Å². The Morgan fingerprint density at radius 1 is 1.25 bits per heavy atom. The number of benzene rings is 1. The molecule has 0 atom stereocenters. The molecule has 0 unspecified atom stereocenters. The van der Waals surface area contributed by atoms with Gasteiger partial charge in [-0.3, -0.25) is 9.48 Å². The number of piperidine rings is 1. The summed E-state index contributed by atoms with van der Waals surface area (Å²) in [6.45, 7) is 3.72. The SMILES string of the molecule is Cc1onc(C(=O)N2CCC(Cc3ccccc3)CC2)c1Cn1cc(Cl)cn1. The fraction of sp³-hybridized carbons (Fsp3) is 0.381. The zero-order chi connectivity index (χ0) is 19.5. The van der Waals surface area contributed by atoms with E-state index in [9.17, 15) is 4.79 Å². The predicted molar refractivity (Wildman–Crippen MR) is 106 cm³/mol. The van der Waals surface area contributed by atoms with Crippen molar-refractivity contribution < 1.29 is 9.32 Å². The van der Waals surface area contributed by atoms with Gasteiger partial charge in [-0.1, -0.05) is 47.1 Å². The Kier molecular flexibility index (Phi) is 5.48. The molecule has 2 aromatic heterocycles. The first-order chi connectivity index (χ1) is 13.6. The molecule has 7 heteroatoms. The van der Waals surface area contributed by atoms with Crippen molar-refractivity contribution in [3.05, 3.63) is 70.3 Å². The molecule has 0 spiro atoms. The van der Waals surface area contributed by atoms with Crippen LogP contribution < -0.4 is 0 Å². The highest BCUT2D eigenvalue weighted by molar-refractivity contribution is 6.30. The minimum absolute atomic E-state index is 0.0664. The number of nitrogens with zero attached hydrogens (tertiary/aromatic N) is 4. The van der Waals surface area contributed by atoms with E-state index < -0.39 is 0 Å². The normalized spacial score (nSPS) is 15.1. The van der Waals surface area contributed by atoms with Gasteiger partial charge in [-0.2, -0.15) is 5.10 Å². The number of aryl methyl sites for hydroxylation is 1. The van der Waals surface area contributed by atoms with Crippen molar-refractivity contribution in [3.8, 4) is 0 Å². The highest BCUT2D eigenvalue weighted by atomic mass is 35.5. The Balaban J connectivity index is 1.40. The predicted octanol–water partition coefficient (Wildman–Crippen LogP) is 3.98. The number of aromatic nitrogens is 3.